The van der Waals surface area contributed by atoms with Crippen LogP contribution >= 0.6 is 0 Å². The van der Waals surface area contributed by atoms with Crippen molar-refractivity contribution in [1.29, 1.82) is 0 Å². The first-order chi connectivity index (χ1) is 4.63. The van der Waals surface area contributed by atoms with Gasteiger partial charge in [0, 0.05) is 18.6 Å². The number of hydrogen-bond acceptors (Lipinski definition) is 1. The van der Waals surface area contributed by atoms with Gasteiger partial charge in [0.1, 0.15) is 6.17 Å². The number of nitrogens with zero attached hydrogens (tertiary/aromatic N) is 1. The molecule has 2 atom stereocenters. The largest absolute Gasteiger partial charge is 0.295 e. The van der Waals surface area contributed by atoms with E-state index in [1.165, 1.54) is 0 Å². The van der Waals surface area contributed by atoms with E-state index in [1.807, 2.05) is 6.92 Å². The molecule has 0 aromatic carbocycles. The molecule has 0 unspecified atom stereocenters. The lowest BCUT2D eigenvalue weighted by Crippen LogP contribution is -2.36. The minimum absolute atomic E-state index is 0.139. The number of alkyl halides is 1. The second-order valence-electron chi connectivity index (χ2n) is 3.38. The smallest absolute Gasteiger partial charge is 0.117 e. The van der Waals surface area contributed by atoms with Gasteiger partial charge in [-0.15, -0.1) is 0 Å². The molecule has 0 aromatic heterocycles. The second-order valence-corrected chi connectivity index (χ2v) is 3.38. The molecule has 0 saturated carbocycles. The Morgan fingerprint density at radius 3 is 2.30 bits per heavy atom. The van der Waals surface area contributed by atoms with Crippen molar-refractivity contribution in [2.45, 2.75) is 45.4 Å². The summed E-state index contributed by atoms with van der Waals surface area (Å²) in [4.78, 5) is 2.21. The van der Waals surface area contributed by atoms with Crippen LogP contribution in [0, 0.1) is 0 Å². The molecule has 1 aliphatic heterocycles. The first kappa shape index (κ1) is 7.99. The fourth-order valence-corrected chi connectivity index (χ4v) is 1.65. The van der Waals surface area contributed by atoms with Crippen LogP contribution in [0.2, 0.25) is 0 Å². The molecular weight excluding hydrogens is 129 g/mol. The molecule has 1 aliphatic rings. The highest BCUT2D eigenvalue weighted by atomic mass is 19.1. The Morgan fingerprint density at radius 1 is 1.50 bits per heavy atom. The van der Waals surface area contributed by atoms with Crippen molar-refractivity contribution in [3.8, 4) is 0 Å². The van der Waals surface area contributed by atoms with Gasteiger partial charge >= 0.3 is 0 Å². The zero-order valence-corrected chi connectivity index (χ0v) is 6.97. The molecule has 0 bridgehead atoms. The summed E-state index contributed by atoms with van der Waals surface area (Å²) in [5.74, 6) is 0. The van der Waals surface area contributed by atoms with Gasteiger partial charge in [0.25, 0.3) is 0 Å². The minimum atomic E-state index is -0.595. The van der Waals surface area contributed by atoms with E-state index in [4.69, 9.17) is 0 Å². The topological polar surface area (TPSA) is 3.24 Å². The molecule has 10 heavy (non-hydrogen) atoms. The summed E-state index contributed by atoms with van der Waals surface area (Å²) in [5.41, 5.74) is 0. The van der Waals surface area contributed by atoms with Crippen molar-refractivity contribution in [3.63, 3.8) is 0 Å². The lowest BCUT2D eigenvalue weighted by molar-refractivity contribution is 0.173. The molecule has 0 amide bonds. The third-order valence-corrected chi connectivity index (χ3v) is 2.37. The quantitative estimate of drug-likeness (QED) is 0.544. The standard InChI is InChI=1S/C8H16FN/c1-6(2)10-5-4-8(9)7(10)3/h6-8H,4-5H2,1-3H3/t7-,8-/m1/s1. The van der Waals surface area contributed by atoms with Crippen LogP contribution in [0.4, 0.5) is 4.39 Å². The highest BCUT2D eigenvalue weighted by molar-refractivity contribution is 4.85. The normalized spacial score (nSPS) is 35.7. The average Bonchev–Trinajstić information content (AvgIpc) is 2.14. The van der Waals surface area contributed by atoms with E-state index < -0.39 is 6.17 Å². The van der Waals surface area contributed by atoms with Crippen LogP contribution in [0.3, 0.4) is 0 Å². The van der Waals surface area contributed by atoms with E-state index >= 15 is 0 Å². The Kier molecular flexibility index (Phi) is 2.29. The summed E-state index contributed by atoms with van der Waals surface area (Å²) in [6.45, 7) is 7.14. The maximum absolute atomic E-state index is 12.9. The van der Waals surface area contributed by atoms with E-state index in [-0.39, 0.29) is 6.04 Å². The summed E-state index contributed by atoms with van der Waals surface area (Å²) >= 11 is 0. The van der Waals surface area contributed by atoms with Gasteiger partial charge in [-0.05, 0) is 27.2 Å². The summed E-state index contributed by atoms with van der Waals surface area (Å²) < 4.78 is 12.9. The second kappa shape index (κ2) is 2.87. The fourth-order valence-electron chi connectivity index (χ4n) is 1.65. The van der Waals surface area contributed by atoms with Crippen LogP contribution in [0.5, 0.6) is 0 Å². The lowest BCUT2D eigenvalue weighted by Gasteiger charge is -2.25. The van der Waals surface area contributed by atoms with Gasteiger partial charge < -0.3 is 0 Å². The molecule has 1 rings (SSSR count). The third kappa shape index (κ3) is 1.31. The van der Waals surface area contributed by atoms with Crippen molar-refractivity contribution in [2.24, 2.45) is 0 Å². The monoisotopic (exact) mass is 145 g/mol. The van der Waals surface area contributed by atoms with Crippen LogP contribution in [0.25, 0.3) is 0 Å². The summed E-state index contributed by atoms with van der Waals surface area (Å²) in [5, 5.41) is 0. The maximum Gasteiger partial charge on any atom is 0.117 e. The van der Waals surface area contributed by atoms with Gasteiger partial charge in [-0.1, -0.05) is 0 Å². The number of rotatable bonds is 1. The molecule has 1 saturated heterocycles. The van der Waals surface area contributed by atoms with Gasteiger partial charge in [-0.2, -0.15) is 0 Å². The van der Waals surface area contributed by atoms with Crippen molar-refractivity contribution < 1.29 is 4.39 Å². The van der Waals surface area contributed by atoms with Crippen molar-refractivity contribution in [2.75, 3.05) is 6.54 Å². The van der Waals surface area contributed by atoms with E-state index in [2.05, 4.69) is 18.7 Å². The predicted molar refractivity (Wildman–Crippen MR) is 40.8 cm³/mol. The van der Waals surface area contributed by atoms with Gasteiger partial charge in [-0.25, -0.2) is 4.39 Å². The molecule has 1 nitrogen and oxygen atoms in total. The first-order valence-electron chi connectivity index (χ1n) is 4.02. The molecule has 0 spiro atoms. The zero-order valence-electron chi connectivity index (χ0n) is 6.97. The summed E-state index contributed by atoms with van der Waals surface area (Å²) in [7, 11) is 0. The Bertz CT molecular complexity index is 114. The number of likely N-dealkylation sites (tertiary alicyclic amines) is 1. The van der Waals surface area contributed by atoms with Crippen LogP contribution in [0.15, 0.2) is 0 Å². The first-order valence-corrected chi connectivity index (χ1v) is 4.02. The molecule has 0 radical (unpaired) electrons. The molecule has 60 valence electrons. The Labute approximate surface area is 62.2 Å². The fraction of sp³-hybridized carbons (Fsp3) is 1.00. The van der Waals surface area contributed by atoms with E-state index in [9.17, 15) is 4.39 Å². The Hall–Kier alpha value is -0.110. The average molecular weight is 145 g/mol. The molecule has 2 heteroatoms. The Morgan fingerprint density at radius 2 is 2.10 bits per heavy atom. The molecule has 1 fully saturated rings. The predicted octanol–water partition coefficient (Wildman–Crippen LogP) is 1.83. The summed E-state index contributed by atoms with van der Waals surface area (Å²) in [6, 6.07) is 0.635. The van der Waals surface area contributed by atoms with Gasteiger partial charge in [0.15, 0.2) is 0 Å². The minimum Gasteiger partial charge on any atom is -0.295 e. The molecule has 0 aromatic rings. The summed E-state index contributed by atoms with van der Waals surface area (Å²) in [6.07, 6.45) is 0.127. The van der Waals surface area contributed by atoms with E-state index in [0.717, 1.165) is 13.0 Å². The van der Waals surface area contributed by atoms with E-state index in [1.54, 1.807) is 0 Å². The SMILES string of the molecule is CC(C)N1CC[C@@H](F)[C@H]1C. The molecular formula is C8H16FN. The van der Waals surface area contributed by atoms with Crippen LogP contribution < -0.4 is 0 Å². The van der Waals surface area contributed by atoms with Crippen LogP contribution in [-0.2, 0) is 0 Å². The van der Waals surface area contributed by atoms with E-state index in [0.29, 0.717) is 6.04 Å². The number of hydrogen-bond donors (Lipinski definition) is 0. The van der Waals surface area contributed by atoms with Gasteiger partial charge in [0.2, 0.25) is 0 Å². The van der Waals surface area contributed by atoms with Crippen molar-refractivity contribution in [3.05, 3.63) is 0 Å². The highest BCUT2D eigenvalue weighted by Gasteiger charge is 2.31. The van der Waals surface area contributed by atoms with Crippen LogP contribution in [0.1, 0.15) is 27.2 Å². The van der Waals surface area contributed by atoms with Gasteiger partial charge in [-0.3, -0.25) is 4.90 Å². The zero-order chi connectivity index (χ0) is 7.72. The van der Waals surface area contributed by atoms with Crippen molar-refractivity contribution in [1.82, 2.24) is 4.90 Å². The molecule has 0 aliphatic carbocycles. The molecule has 0 N–H and O–H groups in total. The highest BCUT2D eigenvalue weighted by Crippen LogP contribution is 2.22. The van der Waals surface area contributed by atoms with Crippen LogP contribution in [-0.4, -0.2) is 29.7 Å². The maximum atomic E-state index is 12.9. The Balaban J connectivity index is 2.49. The third-order valence-electron chi connectivity index (χ3n) is 2.37. The lowest BCUT2D eigenvalue weighted by atomic mass is 10.2. The van der Waals surface area contributed by atoms with Gasteiger partial charge in [0.05, 0.1) is 0 Å². The number of halogens is 1. The van der Waals surface area contributed by atoms with Crippen molar-refractivity contribution >= 4 is 0 Å². The molecule has 1 heterocycles.